The van der Waals surface area contributed by atoms with Gasteiger partial charge >= 0.3 is 0 Å². The molecule has 1 saturated carbocycles. The minimum atomic E-state index is 0.157. The third-order valence-electron chi connectivity index (χ3n) is 5.18. The molecule has 3 aliphatic rings. The predicted octanol–water partition coefficient (Wildman–Crippen LogP) is 1.57. The zero-order chi connectivity index (χ0) is 14.4. The van der Waals surface area contributed by atoms with Crippen molar-refractivity contribution < 1.29 is 4.79 Å². The van der Waals surface area contributed by atoms with Crippen LogP contribution in [-0.2, 0) is 20.0 Å². The number of amides is 1. The Morgan fingerprint density at radius 1 is 1.14 bits per heavy atom. The van der Waals surface area contributed by atoms with E-state index in [1.807, 2.05) is 16.6 Å². The van der Waals surface area contributed by atoms with Gasteiger partial charge in [-0.3, -0.25) is 14.4 Å². The van der Waals surface area contributed by atoms with E-state index in [2.05, 4.69) is 10.00 Å². The molecule has 1 amide bonds. The van der Waals surface area contributed by atoms with Crippen LogP contribution >= 0.6 is 0 Å². The molecule has 2 aliphatic heterocycles. The molecule has 0 bridgehead atoms. The molecule has 1 aromatic heterocycles. The highest BCUT2D eigenvalue weighted by molar-refractivity contribution is 5.94. The van der Waals surface area contributed by atoms with Crippen molar-refractivity contribution in [3.8, 4) is 0 Å². The summed E-state index contributed by atoms with van der Waals surface area (Å²) in [7, 11) is 1.98. The van der Waals surface area contributed by atoms with E-state index in [4.69, 9.17) is 0 Å². The summed E-state index contributed by atoms with van der Waals surface area (Å²) in [5, 5.41) is 4.58. The second-order valence-corrected chi connectivity index (χ2v) is 6.70. The quantitative estimate of drug-likeness (QED) is 0.829. The number of aryl methyl sites for hydroxylation is 1. The molecule has 0 atom stereocenters. The summed E-state index contributed by atoms with van der Waals surface area (Å²) in [4.78, 5) is 17.3. The van der Waals surface area contributed by atoms with Gasteiger partial charge in [-0.05, 0) is 32.1 Å². The lowest BCUT2D eigenvalue weighted by atomic mass is 10.0. The molecule has 0 aromatic carbocycles. The van der Waals surface area contributed by atoms with E-state index < -0.39 is 0 Å². The average molecular weight is 288 g/mol. The molecule has 2 fully saturated rings. The number of carbonyl (C=O) groups is 1. The zero-order valence-corrected chi connectivity index (χ0v) is 12.8. The highest BCUT2D eigenvalue weighted by Gasteiger charge is 2.35. The molecule has 1 aromatic rings. The molecule has 1 saturated heterocycles. The predicted molar refractivity (Wildman–Crippen MR) is 80.1 cm³/mol. The van der Waals surface area contributed by atoms with Crippen molar-refractivity contribution in [2.75, 3.05) is 19.6 Å². The number of hydrogen-bond acceptors (Lipinski definition) is 3. The van der Waals surface area contributed by atoms with E-state index in [0.717, 1.165) is 57.2 Å². The molecule has 4 rings (SSSR count). The van der Waals surface area contributed by atoms with Gasteiger partial charge in [0.15, 0.2) is 5.69 Å². The summed E-state index contributed by atoms with van der Waals surface area (Å²) in [6.07, 6.45) is 7.20. The van der Waals surface area contributed by atoms with E-state index in [9.17, 15) is 4.79 Å². The smallest absolute Gasteiger partial charge is 0.274 e. The van der Waals surface area contributed by atoms with Gasteiger partial charge in [-0.25, -0.2) is 0 Å². The first kappa shape index (κ1) is 13.3. The van der Waals surface area contributed by atoms with Crippen LogP contribution in [0.3, 0.4) is 0 Å². The number of rotatable bonds is 2. The van der Waals surface area contributed by atoms with Gasteiger partial charge < -0.3 is 4.90 Å². The van der Waals surface area contributed by atoms with Gasteiger partial charge in [0.05, 0.1) is 0 Å². The van der Waals surface area contributed by atoms with Crippen LogP contribution < -0.4 is 0 Å². The van der Waals surface area contributed by atoms with Crippen LogP contribution in [0.2, 0.25) is 0 Å². The van der Waals surface area contributed by atoms with E-state index in [1.54, 1.807) is 0 Å². The fourth-order valence-electron chi connectivity index (χ4n) is 3.78. The van der Waals surface area contributed by atoms with E-state index in [0.29, 0.717) is 0 Å². The van der Waals surface area contributed by atoms with Gasteiger partial charge in [0, 0.05) is 56.9 Å². The maximum atomic E-state index is 12.8. The Kier molecular flexibility index (Phi) is 3.25. The fourth-order valence-corrected chi connectivity index (χ4v) is 3.78. The third kappa shape index (κ3) is 2.37. The largest absolute Gasteiger partial charge is 0.337 e. The van der Waals surface area contributed by atoms with Crippen LogP contribution in [0.25, 0.3) is 0 Å². The number of fused-ring (bicyclic) bond motifs is 1. The average Bonchev–Trinajstić information content (AvgIpc) is 3.32. The van der Waals surface area contributed by atoms with Crippen LogP contribution in [0.5, 0.6) is 0 Å². The maximum absolute atomic E-state index is 12.8. The minimum absolute atomic E-state index is 0.157. The van der Waals surface area contributed by atoms with Crippen molar-refractivity contribution in [1.29, 1.82) is 0 Å². The van der Waals surface area contributed by atoms with Crippen LogP contribution in [0, 0.1) is 0 Å². The molecule has 0 unspecified atom stereocenters. The van der Waals surface area contributed by atoms with Gasteiger partial charge in [0.2, 0.25) is 0 Å². The van der Waals surface area contributed by atoms with E-state index in [1.165, 1.54) is 30.5 Å². The first-order valence-corrected chi connectivity index (χ1v) is 8.32. The van der Waals surface area contributed by atoms with Crippen molar-refractivity contribution in [2.24, 2.45) is 7.05 Å². The standard InChI is InChI=1S/C16H24N4O/c1-18-14-7-10-20(12-5-6-12)11-13(14)15(17-18)16(21)19-8-3-2-4-9-19/h12H,2-11H2,1H3. The van der Waals surface area contributed by atoms with Gasteiger partial charge in [0.25, 0.3) is 5.91 Å². The normalized spacial score (nSPS) is 23.2. The first-order valence-electron chi connectivity index (χ1n) is 8.32. The lowest BCUT2D eigenvalue weighted by Crippen LogP contribution is -2.37. The molecule has 114 valence electrons. The molecule has 3 heterocycles. The Morgan fingerprint density at radius 3 is 2.62 bits per heavy atom. The maximum Gasteiger partial charge on any atom is 0.274 e. The topological polar surface area (TPSA) is 41.4 Å². The summed E-state index contributed by atoms with van der Waals surface area (Å²) < 4.78 is 1.94. The number of carbonyl (C=O) groups excluding carboxylic acids is 1. The summed E-state index contributed by atoms with van der Waals surface area (Å²) in [5.41, 5.74) is 3.19. The van der Waals surface area contributed by atoms with E-state index in [-0.39, 0.29) is 5.91 Å². The number of hydrogen-bond donors (Lipinski definition) is 0. The second kappa shape index (κ2) is 5.13. The Hall–Kier alpha value is -1.36. The molecule has 21 heavy (non-hydrogen) atoms. The Bertz CT molecular complexity index is 555. The summed E-state index contributed by atoms with van der Waals surface area (Å²) in [6.45, 7) is 3.84. The lowest BCUT2D eigenvalue weighted by Gasteiger charge is -2.29. The van der Waals surface area contributed by atoms with Crippen molar-refractivity contribution >= 4 is 5.91 Å². The van der Waals surface area contributed by atoms with Crippen LogP contribution in [0.4, 0.5) is 0 Å². The van der Waals surface area contributed by atoms with Crippen LogP contribution in [0.1, 0.15) is 53.8 Å². The van der Waals surface area contributed by atoms with Crippen molar-refractivity contribution in [2.45, 2.75) is 51.1 Å². The third-order valence-corrected chi connectivity index (χ3v) is 5.18. The molecule has 5 nitrogen and oxygen atoms in total. The number of piperidine rings is 1. The number of aromatic nitrogens is 2. The van der Waals surface area contributed by atoms with Crippen LogP contribution in [-0.4, -0.2) is 51.2 Å². The van der Waals surface area contributed by atoms with Gasteiger partial charge in [-0.1, -0.05) is 0 Å². The summed E-state index contributed by atoms with van der Waals surface area (Å²) in [5.74, 6) is 0.157. The fraction of sp³-hybridized carbons (Fsp3) is 0.750. The Balaban J connectivity index is 1.61. The van der Waals surface area contributed by atoms with Gasteiger partial charge in [0.1, 0.15) is 0 Å². The monoisotopic (exact) mass is 288 g/mol. The molecular formula is C16H24N4O. The molecule has 5 heteroatoms. The highest BCUT2D eigenvalue weighted by Crippen LogP contribution is 2.33. The minimum Gasteiger partial charge on any atom is -0.337 e. The first-order chi connectivity index (χ1) is 10.2. The Morgan fingerprint density at radius 2 is 1.90 bits per heavy atom. The highest BCUT2D eigenvalue weighted by atomic mass is 16.2. The van der Waals surface area contributed by atoms with Crippen molar-refractivity contribution in [1.82, 2.24) is 19.6 Å². The zero-order valence-electron chi connectivity index (χ0n) is 12.8. The van der Waals surface area contributed by atoms with E-state index >= 15 is 0 Å². The molecule has 0 N–H and O–H groups in total. The summed E-state index contributed by atoms with van der Waals surface area (Å²) >= 11 is 0. The van der Waals surface area contributed by atoms with Crippen LogP contribution in [0.15, 0.2) is 0 Å². The SMILES string of the molecule is Cn1nc(C(=O)N2CCCCC2)c2c1CCN(C1CC1)C2. The summed E-state index contributed by atoms with van der Waals surface area (Å²) in [6, 6.07) is 0.760. The van der Waals surface area contributed by atoms with Gasteiger partial charge in [-0.2, -0.15) is 5.10 Å². The van der Waals surface area contributed by atoms with Crippen molar-refractivity contribution in [3.63, 3.8) is 0 Å². The second-order valence-electron chi connectivity index (χ2n) is 6.70. The molecule has 0 radical (unpaired) electrons. The van der Waals surface area contributed by atoms with Gasteiger partial charge in [-0.15, -0.1) is 0 Å². The number of nitrogens with zero attached hydrogens (tertiary/aromatic N) is 4. The molecule has 0 spiro atoms. The molecular weight excluding hydrogens is 264 g/mol. The lowest BCUT2D eigenvalue weighted by molar-refractivity contribution is 0.0715. The Labute approximate surface area is 125 Å². The molecule has 1 aliphatic carbocycles. The van der Waals surface area contributed by atoms with Crippen molar-refractivity contribution in [3.05, 3.63) is 17.0 Å². The number of likely N-dealkylation sites (tertiary alicyclic amines) is 1.